The molecule has 8 nitrogen and oxygen atoms in total. The lowest BCUT2D eigenvalue weighted by atomic mass is 10.1. The van der Waals surface area contributed by atoms with E-state index in [4.69, 9.17) is 0 Å². The molecule has 0 aliphatic carbocycles. The number of aromatic nitrogens is 5. The van der Waals surface area contributed by atoms with E-state index in [0.29, 0.717) is 11.3 Å². The van der Waals surface area contributed by atoms with Crippen LogP contribution in [0.15, 0.2) is 63.6 Å². The van der Waals surface area contributed by atoms with Crippen molar-refractivity contribution >= 4 is 29.0 Å². The van der Waals surface area contributed by atoms with Crippen LogP contribution in [0.5, 0.6) is 0 Å². The van der Waals surface area contributed by atoms with Gasteiger partial charge in [0.05, 0.1) is 6.42 Å². The SMILES string of the molecule is Cc1nc2cc(=O)[nH]n2c(C)c1CC(=O)Nc1ccnc(Sc2ccccn2)c1. The van der Waals surface area contributed by atoms with Crippen LogP contribution in [0.3, 0.4) is 0 Å². The Morgan fingerprint density at radius 2 is 1.97 bits per heavy atom. The van der Waals surface area contributed by atoms with E-state index in [-0.39, 0.29) is 17.9 Å². The molecule has 9 heteroatoms. The van der Waals surface area contributed by atoms with Crippen molar-refractivity contribution in [1.29, 1.82) is 0 Å². The Labute approximate surface area is 170 Å². The molecule has 2 N–H and O–H groups in total. The van der Waals surface area contributed by atoms with Crippen LogP contribution in [-0.2, 0) is 11.2 Å². The maximum Gasteiger partial charge on any atom is 0.266 e. The highest BCUT2D eigenvalue weighted by Gasteiger charge is 2.14. The summed E-state index contributed by atoms with van der Waals surface area (Å²) in [7, 11) is 0. The number of hydrogen-bond donors (Lipinski definition) is 2. The van der Waals surface area contributed by atoms with Gasteiger partial charge in [-0.2, -0.15) is 0 Å². The Morgan fingerprint density at radius 1 is 1.14 bits per heavy atom. The average molecular weight is 406 g/mol. The number of carbonyl (C=O) groups is 1. The monoisotopic (exact) mass is 406 g/mol. The van der Waals surface area contributed by atoms with Gasteiger partial charge in [0.2, 0.25) is 5.91 Å². The number of hydrogen-bond acceptors (Lipinski definition) is 6. The van der Waals surface area contributed by atoms with Crippen LogP contribution in [0.25, 0.3) is 5.65 Å². The first-order valence-electron chi connectivity index (χ1n) is 8.92. The molecule has 0 saturated heterocycles. The molecule has 0 fully saturated rings. The zero-order valence-electron chi connectivity index (χ0n) is 15.8. The fourth-order valence-corrected chi connectivity index (χ4v) is 3.81. The lowest BCUT2D eigenvalue weighted by molar-refractivity contribution is -0.115. The number of aromatic amines is 1. The summed E-state index contributed by atoms with van der Waals surface area (Å²) in [5.74, 6) is -0.174. The van der Waals surface area contributed by atoms with Crippen LogP contribution in [-0.4, -0.2) is 30.5 Å². The summed E-state index contributed by atoms with van der Waals surface area (Å²) in [4.78, 5) is 37.2. The van der Waals surface area contributed by atoms with E-state index in [0.717, 1.165) is 27.0 Å². The molecule has 4 aromatic heterocycles. The van der Waals surface area contributed by atoms with Crippen molar-refractivity contribution in [3.8, 4) is 0 Å². The largest absolute Gasteiger partial charge is 0.326 e. The molecule has 0 saturated carbocycles. The summed E-state index contributed by atoms with van der Waals surface area (Å²) in [6.07, 6.45) is 3.52. The molecule has 0 atom stereocenters. The smallest absolute Gasteiger partial charge is 0.266 e. The van der Waals surface area contributed by atoms with Gasteiger partial charge < -0.3 is 5.32 Å². The Balaban J connectivity index is 1.51. The van der Waals surface area contributed by atoms with Gasteiger partial charge in [0.25, 0.3) is 5.56 Å². The third-order valence-corrected chi connectivity index (χ3v) is 5.29. The second-order valence-corrected chi connectivity index (χ2v) is 7.49. The molecule has 0 radical (unpaired) electrons. The number of rotatable bonds is 5. The molecular weight excluding hydrogens is 388 g/mol. The van der Waals surface area contributed by atoms with Gasteiger partial charge in [0.15, 0.2) is 5.65 Å². The van der Waals surface area contributed by atoms with Crippen molar-refractivity contribution in [3.63, 3.8) is 0 Å². The van der Waals surface area contributed by atoms with Gasteiger partial charge in [-0.15, -0.1) is 0 Å². The number of pyridine rings is 2. The summed E-state index contributed by atoms with van der Waals surface area (Å²) < 4.78 is 1.60. The van der Waals surface area contributed by atoms with E-state index in [1.807, 2.05) is 38.1 Å². The molecule has 4 heterocycles. The van der Waals surface area contributed by atoms with Gasteiger partial charge in [-0.05, 0) is 38.1 Å². The number of amides is 1. The van der Waals surface area contributed by atoms with Gasteiger partial charge in [0.1, 0.15) is 10.1 Å². The fourth-order valence-electron chi connectivity index (χ4n) is 3.03. The third kappa shape index (κ3) is 4.19. The van der Waals surface area contributed by atoms with Crippen LogP contribution >= 0.6 is 11.8 Å². The summed E-state index contributed by atoms with van der Waals surface area (Å²) >= 11 is 1.42. The number of carbonyl (C=O) groups excluding carboxylic acids is 1. The molecule has 29 heavy (non-hydrogen) atoms. The van der Waals surface area contributed by atoms with Crippen LogP contribution in [0.2, 0.25) is 0 Å². The van der Waals surface area contributed by atoms with E-state index in [1.54, 1.807) is 23.0 Å². The first kappa shape index (κ1) is 18.9. The van der Waals surface area contributed by atoms with Crippen molar-refractivity contribution < 1.29 is 4.79 Å². The second-order valence-electron chi connectivity index (χ2n) is 6.45. The molecule has 0 bridgehead atoms. The standard InChI is InChI=1S/C20H18N6O2S/c1-12-15(13(2)26-16(23-12)11-18(28)25-26)10-17(27)24-14-6-8-22-20(9-14)29-19-5-3-4-7-21-19/h3-9,11H,10H2,1-2H3,(H,25,28)(H,22,24,27). The molecule has 0 spiro atoms. The summed E-state index contributed by atoms with van der Waals surface area (Å²) in [6.45, 7) is 3.69. The summed E-state index contributed by atoms with van der Waals surface area (Å²) in [5.41, 5.74) is 3.25. The number of fused-ring (bicyclic) bond motifs is 1. The van der Waals surface area contributed by atoms with Crippen LogP contribution in [0, 0.1) is 13.8 Å². The van der Waals surface area contributed by atoms with Crippen LogP contribution in [0.4, 0.5) is 5.69 Å². The third-order valence-electron chi connectivity index (χ3n) is 4.41. The van der Waals surface area contributed by atoms with E-state index in [2.05, 4.69) is 25.4 Å². The molecule has 0 aliphatic heterocycles. The number of anilines is 1. The first-order chi connectivity index (χ1) is 14.0. The lowest BCUT2D eigenvalue weighted by Crippen LogP contribution is -2.18. The van der Waals surface area contributed by atoms with E-state index < -0.39 is 0 Å². The topological polar surface area (TPSA) is 105 Å². The van der Waals surface area contributed by atoms with Crippen molar-refractivity contribution in [3.05, 3.63) is 76.1 Å². The fraction of sp³-hybridized carbons (Fsp3) is 0.150. The van der Waals surface area contributed by atoms with E-state index >= 15 is 0 Å². The highest BCUT2D eigenvalue weighted by Crippen LogP contribution is 2.25. The Morgan fingerprint density at radius 3 is 2.76 bits per heavy atom. The molecule has 146 valence electrons. The minimum atomic E-state index is -0.226. The van der Waals surface area contributed by atoms with E-state index in [1.165, 1.54) is 17.8 Å². The van der Waals surface area contributed by atoms with Crippen molar-refractivity contribution in [2.24, 2.45) is 0 Å². The maximum absolute atomic E-state index is 12.6. The lowest BCUT2D eigenvalue weighted by Gasteiger charge is -2.12. The normalized spacial score (nSPS) is 11.0. The molecule has 0 unspecified atom stereocenters. The van der Waals surface area contributed by atoms with Gasteiger partial charge in [-0.1, -0.05) is 17.8 Å². The maximum atomic E-state index is 12.6. The minimum absolute atomic E-state index is 0.145. The van der Waals surface area contributed by atoms with Gasteiger partial charge in [-0.25, -0.2) is 19.5 Å². The van der Waals surface area contributed by atoms with Gasteiger partial charge >= 0.3 is 0 Å². The predicted molar refractivity (Wildman–Crippen MR) is 110 cm³/mol. The highest BCUT2D eigenvalue weighted by atomic mass is 32.2. The zero-order chi connectivity index (χ0) is 20.4. The Bertz CT molecular complexity index is 1250. The predicted octanol–water partition coefficient (Wildman–Crippen LogP) is 2.76. The second kappa shape index (κ2) is 7.88. The first-order valence-corrected chi connectivity index (χ1v) is 9.74. The van der Waals surface area contributed by atoms with Crippen LogP contribution in [0.1, 0.15) is 17.0 Å². The summed E-state index contributed by atoms with van der Waals surface area (Å²) in [6, 6.07) is 10.6. The van der Waals surface area contributed by atoms with Crippen LogP contribution < -0.4 is 10.9 Å². The molecule has 4 aromatic rings. The number of H-pyrrole nitrogens is 1. The highest BCUT2D eigenvalue weighted by molar-refractivity contribution is 7.99. The summed E-state index contributed by atoms with van der Waals surface area (Å²) in [5, 5.41) is 7.17. The number of aryl methyl sites for hydroxylation is 2. The van der Waals surface area contributed by atoms with Gasteiger partial charge in [0, 0.05) is 41.1 Å². The molecule has 1 amide bonds. The Kier molecular flexibility index (Phi) is 5.13. The quantitative estimate of drug-likeness (QED) is 0.528. The zero-order valence-corrected chi connectivity index (χ0v) is 16.7. The van der Waals surface area contributed by atoms with Crippen molar-refractivity contribution in [2.75, 3.05) is 5.32 Å². The minimum Gasteiger partial charge on any atom is -0.326 e. The Hall–Kier alpha value is -3.46. The number of nitrogens with one attached hydrogen (secondary N) is 2. The molecule has 0 aromatic carbocycles. The molecule has 4 rings (SSSR count). The molecular formula is C20H18N6O2S. The van der Waals surface area contributed by atoms with E-state index in [9.17, 15) is 9.59 Å². The number of nitrogens with zero attached hydrogens (tertiary/aromatic N) is 4. The van der Waals surface area contributed by atoms with Gasteiger partial charge in [-0.3, -0.25) is 14.7 Å². The average Bonchev–Trinajstić information content (AvgIpc) is 3.06. The van der Waals surface area contributed by atoms with Crippen molar-refractivity contribution in [1.82, 2.24) is 24.6 Å². The van der Waals surface area contributed by atoms with Crippen molar-refractivity contribution in [2.45, 2.75) is 30.3 Å². The molecule has 0 aliphatic rings.